The van der Waals surface area contributed by atoms with Crippen molar-refractivity contribution < 1.29 is 9.90 Å². The van der Waals surface area contributed by atoms with Crippen molar-refractivity contribution in [1.29, 1.82) is 0 Å². The van der Waals surface area contributed by atoms with Gasteiger partial charge in [-0.05, 0) is 29.0 Å². The molecule has 0 bridgehead atoms. The number of nitrogens with one attached hydrogen (secondary N) is 1. The Morgan fingerprint density at radius 3 is 2.85 bits per heavy atom. The summed E-state index contributed by atoms with van der Waals surface area (Å²) in [6.07, 6.45) is 3.56. The van der Waals surface area contributed by atoms with Gasteiger partial charge in [0.25, 0.3) is 0 Å². The number of pyridine rings is 1. The second-order valence-corrected chi connectivity index (χ2v) is 4.65. The van der Waals surface area contributed by atoms with Gasteiger partial charge in [0.1, 0.15) is 0 Å². The van der Waals surface area contributed by atoms with Crippen LogP contribution in [-0.2, 0) is 11.2 Å². The Morgan fingerprint density at radius 1 is 1.45 bits per heavy atom. The van der Waals surface area contributed by atoms with Crippen LogP contribution in [-0.4, -0.2) is 36.7 Å². The Kier molecular flexibility index (Phi) is 4.75. The summed E-state index contributed by atoms with van der Waals surface area (Å²) in [6, 6.07) is 5.59. The molecular formula is C13H17N5O2. The Hall–Kier alpha value is -2.31. The number of aromatic nitrogens is 5. The largest absolute Gasteiger partial charge is 0.481 e. The molecule has 2 rings (SSSR count). The highest BCUT2D eigenvalue weighted by Gasteiger charge is 2.31. The molecule has 0 amide bonds. The lowest BCUT2D eigenvalue weighted by Gasteiger charge is -2.20. The zero-order valence-corrected chi connectivity index (χ0v) is 11.2. The summed E-state index contributed by atoms with van der Waals surface area (Å²) in [4.78, 5) is 15.8. The van der Waals surface area contributed by atoms with E-state index in [9.17, 15) is 9.90 Å². The van der Waals surface area contributed by atoms with Crippen LogP contribution in [0.15, 0.2) is 24.4 Å². The van der Waals surface area contributed by atoms with Gasteiger partial charge < -0.3 is 5.11 Å². The quantitative estimate of drug-likeness (QED) is 0.791. The molecule has 0 aromatic carbocycles. The van der Waals surface area contributed by atoms with E-state index in [0.29, 0.717) is 18.7 Å². The third-order valence-corrected chi connectivity index (χ3v) is 3.27. The Morgan fingerprint density at radius 2 is 2.30 bits per heavy atom. The first-order chi connectivity index (χ1) is 9.72. The molecule has 0 unspecified atom stereocenters. The van der Waals surface area contributed by atoms with Gasteiger partial charge in [-0.1, -0.05) is 19.4 Å². The SMILES string of the molecule is CCC[C@H](C(=O)O)[C@H](Cc1ccccn1)c1nnn[nH]1. The van der Waals surface area contributed by atoms with Crippen molar-refractivity contribution in [2.75, 3.05) is 0 Å². The predicted molar refractivity (Wildman–Crippen MR) is 70.9 cm³/mol. The second-order valence-electron chi connectivity index (χ2n) is 4.65. The highest BCUT2D eigenvalue weighted by atomic mass is 16.4. The lowest BCUT2D eigenvalue weighted by Crippen LogP contribution is -2.25. The number of aliphatic carboxylic acids is 1. The standard InChI is InChI=1S/C13H17N5O2/c1-2-5-10(13(19)20)11(12-15-17-18-16-12)8-9-6-3-4-7-14-9/h3-4,6-7,10-11H,2,5,8H2,1H3,(H,19,20)(H,15,16,17,18)/t10-,11-/m0/s1. The zero-order chi connectivity index (χ0) is 14.4. The minimum absolute atomic E-state index is 0.308. The fourth-order valence-electron chi connectivity index (χ4n) is 2.31. The van der Waals surface area contributed by atoms with Gasteiger partial charge in [0.05, 0.1) is 5.92 Å². The minimum Gasteiger partial charge on any atom is -0.481 e. The van der Waals surface area contributed by atoms with E-state index in [2.05, 4.69) is 25.6 Å². The maximum Gasteiger partial charge on any atom is 0.307 e. The van der Waals surface area contributed by atoms with Crippen LogP contribution in [0.2, 0.25) is 0 Å². The molecule has 0 aliphatic heterocycles. The molecule has 20 heavy (non-hydrogen) atoms. The van der Waals surface area contributed by atoms with Crippen LogP contribution in [0.3, 0.4) is 0 Å². The topological polar surface area (TPSA) is 105 Å². The van der Waals surface area contributed by atoms with Crippen molar-refractivity contribution in [3.63, 3.8) is 0 Å². The van der Waals surface area contributed by atoms with Gasteiger partial charge in [-0.2, -0.15) is 0 Å². The number of tetrazole rings is 1. The van der Waals surface area contributed by atoms with Crippen LogP contribution in [0, 0.1) is 5.92 Å². The first kappa shape index (κ1) is 14.1. The third kappa shape index (κ3) is 3.37. The van der Waals surface area contributed by atoms with Crippen molar-refractivity contribution in [3.8, 4) is 0 Å². The van der Waals surface area contributed by atoms with Gasteiger partial charge in [-0.3, -0.25) is 9.78 Å². The molecular weight excluding hydrogens is 258 g/mol. The van der Waals surface area contributed by atoms with E-state index >= 15 is 0 Å². The van der Waals surface area contributed by atoms with Crippen molar-refractivity contribution in [2.24, 2.45) is 5.92 Å². The Labute approximate surface area is 116 Å². The highest BCUT2D eigenvalue weighted by Crippen LogP contribution is 2.29. The Balaban J connectivity index is 2.27. The number of hydrogen-bond donors (Lipinski definition) is 2. The van der Waals surface area contributed by atoms with E-state index in [1.807, 2.05) is 25.1 Å². The van der Waals surface area contributed by atoms with Gasteiger partial charge in [-0.25, -0.2) is 5.10 Å². The van der Waals surface area contributed by atoms with Crippen LogP contribution in [0.5, 0.6) is 0 Å². The summed E-state index contributed by atoms with van der Waals surface area (Å²) in [7, 11) is 0. The average Bonchev–Trinajstić information content (AvgIpc) is 2.97. The predicted octanol–water partition coefficient (Wildman–Crippen LogP) is 1.42. The number of rotatable bonds is 7. The molecule has 2 heterocycles. The summed E-state index contributed by atoms with van der Waals surface area (Å²) < 4.78 is 0. The lowest BCUT2D eigenvalue weighted by atomic mass is 9.84. The Bertz CT molecular complexity index is 529. The molecule has 106 valence electrons. The number of nitrogens with zero attached hydrogens (tertiary/aromatic N) is 4. The van der Waals surface area contributed by atoms with Gasteiger partial charge in [0.2, 0.25) is 0 Å². The number of carboxylic acids is 1. The molecule has 0 aliphatic carbocycles. The molecule has 2 atom stereocenters. The molecule has 2 aromatic rings. The van der Waals surface area contributed by atoms with E-state index in [0.717, 1.165) is 12.1 Å². The maximum absolute atomic E-state index is 11.5. The summed E-state index contributed by atoms with van der Waals surface area (Å²) in [5.41, 5.74) is 0.830. The molecule has 0 fully saturated rings. The lowest BCUT2D eigenvalue weighted by molar-refractivity contribution is -0.143. The van der Waals surface area contributed by atoms with Gasteiger partial charge in [0.15, 0.2) is 5.82 Å². The molecule has 0 saturated carbocycles. The van der Waals surface area contributed by atoms with Crippen LogP contribution < -0.4 is 0 Å². The molecule has 2 N–H and O–H groups in total. The van der Waals surface area contributed by atoms with Gasteiger partial charge in [0, 0.05) is 24.2 Å². The molecule has 0 aliphatic rings. The summed E-state index contributed by atoms with van der Waals surface area (Å²) in [5, 5.41) is 23.1. The van der Waals surface area contributed by atoms with Crippen LogP contribution in [0.1, 0.15) is 37.2 Å². The van der Waals surface area contributed by atoms with Crippen molar-refractivity contribution >= 4 is 5.97 Å². The fraction of sp³-hybridized carbons (Fsp3) is 0.462. The first-order valence-electron chi connectivity index (χ1n) is 6.58. The normalized spacial score (nSPS) is 13.8. The van der Waals surface area contributed by atoms with Crippen molar-refractivity contribution in [3.05, 3.63) is 35.9 Å². The van der Waals surface area contributed by atoms with Crippen molar-refractivity contribution in [1.82, 2.24) is 25.6 Å². The monoisotopic (exact) mass is 275 g/mol. The fourth-order valence-corrected chi connectivity index (χ4v) is 2.31. The number of carboxylic acid groups (broad SMARTS) is 1. The molecule has 0 saturated heterocycles. The van der Waals surface area contributed by atoms with Gasteiger partial charge >= 0.3 is 5.97 Å². The van der Waals surface area contributed by atoms with E-state index in [4.69, 9.17) is 0 Å². The summed E-state index contributed by atoms with van der Waals surface area (Å²) in [6.45, 7) is 1.96. The molecule has 0 radical (unpaired) electrons. The van der Waals surface area contributed by atoms with Crippen molar-refractivity contribution in [2.45, 2.75) is 32.1 Å². The van der Waals surface area contributed by atoms with E-state index in [1.165, 1.54) is 0 Å². The zero-order valence-electron chi connectivity index (χ0n) is 11.2. The number of aromatic amines is 1. The van der Waals surface area contributed by atoms with E-state index in [-0.39, 0.29) is 5.92 Å². The third-order valence-electron chi connectivity index (χ3n) is 3.27. The molecule has 2 aromatic heterocycles. The number of carbonyl (C=O) groups is 1. The number of hydrogen-bond acceptors (Lipinski definition) is 5. The van der Waals surface area contributed by atoms with E-state index < -0.39 is 11.9 Å². The average molecular weight is 275 g/mol. The van der Waals surface area contributed by atoms with Crippen LogP contribution >= 0.6 is 0 Å². The smallest absolute Gasteiger partial charge is 0.307 e. The molecule has 7 nitrogen and oxygen atoms in total. The number of H-pyrrole nitrogens is 1. The first-order valence-corrected chi connectivity index (χ1v) is 6.58. The van der Waals surface area contributed by atoms with Crippen LogP contribution in [0.4, 0.5) is 0 Å². The second kappa shape index (κ2) is 6.74. The van der Waals surface area contributed by atoms with E-state index in [1.54, 1.807) is 6.20 Å². The minimum atomic E-state index is -0.829. The summed E-state index contributed by atoms with van der Waals surface area (Å²) in [5.74, 6) is -1.17. The summed E-state index contributed by atoms with van der Waals surface area (Å²) >= 11 is 0. The molecule has 7 heteroatoms. The van der Waals surface area contributed by atoms with Crippen LogP contribution in [0.25, 0.3) is 0 Å². The maximum atomic E-state index is 11.5. The molecule has 0 spiro atoms. The van der Waals surface area contributed by atoms with Gasteiger partial charge in [-0.15, -0.1) is 5.10 Å². The highest BCUT2D eigenvalue weighted by molar-refractivity contribution is 5.71.